The molecule has 26 heavy (non-hydrogen) atoms. The molecule has 1 aromatic carbocycles. The topological polar surface area (TPSA) is 50.8 Å². The third-order valence-electron chi connectivity index (χ3n) is 3.92. The predicted octanol–water partition coefficient (Wildman–Crippen LogP) is 2.56. The van der Waals surface area contributed by atoms with Gasteiger partial charge >= 0.3 is 6.18 Å². The van der Waals surface area contributed by atoms with Crippen LogP contribution in [-0.4, -0.2) is 56.3 Å². The van der Waals surface area contributed by atoms with E-state index in [1.54, 1.807) is 0 Å². The molecule has 1 N–H and O–H groups in total. The second-order valence-corrected chi connectivity index (χ2v) is 6.73. The molecule has 1 heterocycles. The number of para-hydroxylation sites is 1. The summed E-state index contributed by atoms with van der Waals surface area (Å²) in [7, 11) is 0. The molecule has 1 fully saturated rings. The van der Waals surface area contributed by atoms with E-state index in [4.69, 9.17) is 9.47 Å². The van der Waals surface area contributed by atoms with Crippen molar-refractivity contribution in [3.63, 3.8) is 0 Å². The number of benzene rings is 1. The molecule has 1 atom stereocenters. The van der Waals surface area contributed by atoms with Gasteiger partial charge in [-0.1, -0.05) is 26.0 Å². The highest BCUT2D eigenvalue weighted by molar-refractivity contribution is 5.77. The average Bonchev–Trinajstić information content (AvgIpc) is 2.57. The molecule has 0 bridgehead atoms. The van der Waals surface area contributed by atoms with Crippen LogP contribution in [0.2, 0.25) is 0 Å². The third kappa shape index (κ3) is 6.49. The molecule has 0 saturated carbocycles. The SMILES string of the molecule is CC(C)CN1CCOC(CNC(=O)COc2ccccc2C(F)(F)F)C1. The Balaban J connectivity index is 1.78. The van der Waals surface area contributed by atoms with Crippen molar-refractivity contribution in [1.29, 1.82) is 0 Å². The van der Waals surface area contributed by atoms with Gasteiger partial charge in [0, 0.05) is 26.2 Å². The van der Waals surface area contributed by atoms with Crippen LogP contribution in [0.3, 0.4) is 0 Å². The number of alkyl halides is 3. The van der Waals surface area contributed by atoms with E-state index in [1.165, 1.54) is 18.2 Å². The smallest absolute Gasteiger partial charge is 0.419 e. The predicted molar refractivity (Wildman–Crippen MR) is 91.0 cm³/mol. The summed E-state index contributed by atoms with van der Waals surface area (Å²) < 4.78 is 49.3. The summed E-state index contributed by atoms with van der Waals surface area (Å²) in [5, 5.41) is 2.66. The quantitative estimate of drug-likeness (QED) is 0.797. The van der Waals surface area contributed by atoms with E-state index >= 15 is 0 Å². The molecule has 1 amide bonds. The monoisotopic (exact) mass is 374 g/mol. The summed E-state index contributed by atoms with van der Waals surface area (Å²) in [6.07, 6.45) is -4.66. The number of nitrogens with zero attached hydrogens (tertiary/aromatic N) is 1. The number of hydrogen-bond donors (Lipinski definition) is 1. The van der Waals surface area contributed by atoms with Crippen molar-refractivity contribution >= 4 is 5.91 Å². The maximum Gasteiger partial charge on any atom is 0.419 e. The van der Waals surface area contributed by atoms with Crippen molar-refractivity contribution in [1.82, 2.24) is 10.2 Å². The van der Waals surface area contributed by atoms with Crippen LogP contribution in [0, 0.1) is 5.92 Å². The van der Waals surface area contributed by atoms with Gasteiger partial charge in [0.1, 0.15) is 5.75 Å². The minimum absolute atomic E-state index is 0.131. The standard InChI is InChI=1S/C18H25F3N2O3/c1-13(2)10-23-7-8-25-14(11-23)9-22-17(24)12-26-16-6-4-3-5-15(16)18(19,20)21/h3-6,13-14H,7-12H2,1-2H3,(H,22,24). The van der Waals surface area contributed by atoms with Gasteiger partial charge < -0.3 is 14.8 Å². The van der Waals surface area contributed by atoms with E-state index in [0.29, 0.717) is 19.1 Å². The average molecular weight is 374 g/mol. The largest absolute Gasteiger partial charge is 0.483 e. The van der Waals surface area contributed by atoms with Crippen LogP contribution < -0.4 is 10.1 Å². The molecular formula is C18H25F3N2O3. The number of rotatable bonds is 7. The number of carbonyl (C=O) groups is 1. The number of amides is 1. The summed E-state index contributed by atoms with van der Waals surface area (Å²) in [5.41, 5.74) is -0.896. The zero-order valence-corrected chi connectivity index (χ0v) is 15.0. The van der Waals surface area contributed by atoms with E-state index in [1.807, 2.05) is 0 Å². The minimum atomic E-state index is -4.52. The van der Waals surface area contributed by atoms with Crippen LogP contribution in [0.4, 0.5) is 13.2 Å². The highest BCUT2D eigenvalue weighted by Gasteiger charge is 2.34. The van der Waals surface area contributed by atoms with Gasteiger partial charge in [-0.25, -0.2) is 0 Å². The van der Waals surface area contributed by atoms with Gasteiger partial charge in [-0.05, 0) is 18.1 Å². The van der Waals surface area contributed by atoms with Crippen molar-refractivity contribution in [3.05, 3.63) is 29.8 Å². The summed E-state index contributed by atoms with van der Waals surface area (Å²) in [6.45, 7) is 7.25. The highest BCUT2D eigenvalue weighted by Crippen LogP contribution is 2.35. The molecule has 1 saturated heterocycles. The maximum atomic E-state index is 12.9. The Labute approximate surface area is 151 Å². The second-order valence-electron chi connectivity index (χ2n) is 6.73. The molecule has 0 spiro atoms. The molecule has 5 nitrogen and oxygen atoms in total. The second kappa shape index (κ2) is 9.23. The van der Waals surface area contributed by atoms with Crippen LogP contribution >= 0.6 is 0 Å². The third-order valence-corrected chi connectivity index (χ3v) is 3.92. The molecule has 0 radical (unpaired) electrons. The lowest BCUT2D eigenvalue weighted by Crippen LogP contribution is -2.48. The van der Waals surface area contributed by atoms with Crippen molar-refractivity contribution in [2.45, 2.75) is 26.1 Å². The summed E-state index contributed by atoms with van der Waals surface area (Å²) in [4.78, 5) is 14.2. The molecule has 8 heteroatoms. The van der Waals surface area contributed by atoms with Crippen molar-refractivity contribution in [3.8, 4) is 5.75 Å². The summed E-state index contributed by atoms with van der Waals surface area (Å²) in [5.74, 6) is -0.288. The first-order chi connectivity index (χ1) is 12.3. The number of ether oxygens (including phenoxy) is 2. The summed E-state index contributed by atoms with van der Waals surface area (Å²) in [6, 6.07) is 4.83. The van der Waals surface area contributed by atoms with Gasteiger partial charge in [0.2, 0.25) is 0 Å². The van der Waals surface area contributed by atoms with Crippen molar-refractivity contribution in [2.24, 2.45) is 5.92 Å². The van der Waals surface area contributed by atoms with Crippen LogP contribution in [0.1, 0.15) is 19.4 Å². The fraction of sp³-hybridized carbons (Fsp3) is 0.611. The lowest BCUT2D eigenvalue weighted by molar-refractivity contribution is -0.139. The Morgan fingerprint density at radius 3 is 2.81 bits per heavy atom. The van der Waals surface area contributed by atoms with Gasteiger partial charge in [0.05, 0.1) is 18.3 Å². The molecule has 1 aromatic rings. The van der Waals surface area contributed by atoms with E-state index in [2.05, 4.69) is 24.1 Å². The fourth-order valence-electron chi connectivity index (χ4n) is 2.83. The number of morpholine rings is 1. The minimum Gasteiger partial charge on any atom is -0.483 e. The molecule has 1 aliphatic heterocycles. The molecule has 1 unspecified atom stereocenters. The number of halogens is 3. The maximum absolute atomic E-state index is 12.9. The number of hydrogen-bond acceptors (Lipinski definition) is 4. The fourth-order valence-corrected chi connectivity index (χ4v) is 2.83. The molecule has 2 rings (SSSR count). The Kier molecular flexibility index (Phi) is 7.28. The molecule has 0 aromatic heterocycles. The van der Waals surface area contributed by atoms with Crippen LogP contribution in [0.15, 0.2) is 24.3 Å². The molecule has 0 aliphatic carbocycles. The lowest BCUT2D eigenvalue weighted by atomic mass is 10.2. The van der Waals surface area contributed by atoms with Crippen molar-refractivity contribution < 1.29 is 27.4 Å². The first kappa shape index (κ1) is 20.5. The zero-order valence-electron chi connectivity index (χ0n) is 15.0. The highest BCUT2D eigenvalue weighted by atomic mass is 19.4. The Morgan fingerprint density at radius 1 is 1.38 bits per heavy atom. The van der Waals surface area contributed by atoms with E-state index < -0.39 is 24.3 Å². The Hall–Kier alpha value is -1.80. The molecule has 1 aliphatic rings. The van der Waals surface area contributed by atoms with Crippen LogP contribution in [0.25, 0.3) is 0 Å². The first-order valence-electron chi connectivity index (χ1n) is 8.65. The van der Waals surface area contributed by atoms with Crippen LogP contribution in [0.5, 0.6) is 5.75 Å². The van der Waals surface area contributed by atoms with E-state index in [0.717, 1.165) is 25.7 Å². The zero-order chi connectivity index (χ0) is 19.2. The molecular weight excluding hydrogens is 349 g/mol. The van der Waals surface area contributed by atoms with Crippen LogP contribution in [-0.2, 0) is 15.7 Å². The van der Waals surface area contributed by atoms with Crippen molar-refractivity contribution in [2.75, 3.05) is 39.4 Å². The Bertz CT molecular complexity index is 593. The summed E-state index contributed by atoms with van der Waals surface area (Å²) >= 11 is 0. The lowest BCUT2D eigenvalue weighted by Gasteiger charge is -2.33. The van der Waals surface area contributed by atoms with Gasteiger partial charge in [-0.15, -0.1) is 0 Å². The van der Waals surface area contributed by atoms with Gasteiger partial charge in [-0.2, -0.15) is 13.2 Å². The Morgan fingerprint density at radius 2 is 2.12 bits per heavy atom. The van der Waals surface area contributed by atoms with Gasteiger partial charge in [-0.3, -0.25) is 9.69 Å². The van der Waals surface area contributed by atoms with E-state index in [-0.39, 0.29) is 11.9 Å². The van der Waals surface area contributed by atoms with E-state index in [9.17, 15) is 18.0 Å². The first-order valence-corrected chi connectivity index (χ1v) is 8.65. The molecule has 146 valence electrons. The van der Waals surface area contributed by atoms with Gasteiger partial charge in [0.25, 0.3) is 5.91 Å². The van der Waals surface area contributed by atoms with Gasteiger partial charge in [0.15, 0.2) is 6.61 Å². The number of carbonyl (C=O) groups excluding carboxylic acids is 1. The normalized spacial score (nSPS) is 18.8. The number of nitrogens with one attached hydrogen (secondary N) is 1.